The number of aryl methyl sites for hydroxylation is 1. The molecule has 0 radical (unpaired) electrons. The van der Waals surface area contributed by atoms with Crippen LogP contribution >= 0.6 is 11.3 Å². The molecule has 27 heavy (non-hydrogen) atoms. The van der Waals surface area contributed by atoms with E-state index < -0.39 is 22.3 Å². The molecule has 3 heterocycles. The first kappa shape index (κ1) is 19.3. The molecule has 0 atom stereocenters. The molecule has 0 aliphatic carbocycles. The van der Waals surface area contributed by atoms with E-state index in [4.69, 9.17) is 4.42 Å². The van der Waals surface area contributed by atoms with Crippen LogP contribution in [0.25, 0.3) is 10.8 Å². The fraction of sp³-hybridized carbons (Fsp3) is 0.333. The predicted molar refractivity (Wildman–Crippen MR) is 95.0 cm³/mol. The van der Waals surface area contributed by atoms with E-state index in [2.05, 4.69) is 20.2 Å². The fourth-order valence-electron chi connectivity index (χ4n) is 2.11. The van der Waals surface area contributed by atoms with E-state index in [0.717, 1.165) is 21.2 Å². The number of hydrogen-bond acceptors (Lipinski definition) is 8. The highest BCUT2D eigenvalue weighted by molar-refractivity contribution is 7.92. The third-order valence-corrected chi connectivity index (χ3v) is 6.21. The number of aromatic nitrogens is 4. The molecule has 0 bridgehead atoms. The molecule has 8 nitrogen and oxygen atoms in total. The summed E-state index contributed by atoms with van der Waals surface area (Å²) in [5.41, 5.74) is 0.898. The first-order valence-corrected chi connectivity index (χ1v) is 10.2. The number of thiazole rings is 1. The van der Waals surface area contributed by atoms with Gasteiger partial charge in [0.15, 0.2) is 0 Å². The van der Waals surface area contributed by atoms with Gasteiger partial charge in [0.05, 0.1) is 18.5 Å². The smallest absolute Gasteiger partial charge is 0.314 e. The molecule has 0 amide bonds. The lowest BCUT2D eigenvalue weighted by Crippen LogP contribution is -2.32. The van der Waals surface area contributed by atoms with E-state index in [0.29, 0.717) is 9.88 Å². The number of anilines is 1. The summed E-state index contributed by atoms with van der Waals surface area (Å²) >= 11 is 1.08. The Balaban J connectivity index is 1.88. The molecular formula is C15H15F2N5O3S2. The van der Waals surface area contributed by atoms with Gasteiger partial charge in [0.1, 0.15) is 15.7 Å². The minimum Gasteiger partial charge on any atom is -0.414 e. The van der Waals surface area contributed by atoms with Gasteiger partial charge < -0.3 is 4.42 Å². The minimum absolute atomic E-state index is 0.0489. The molecule has 3 aromatic heterocycles. The van der Waals surface area contributed by atoms with Crippen molar-refractivity contribution >= 4 is 27.2 Å². The fourth-order valence-corrected chi connectivity index (χ4v) is 4.05. The highest BCUT2D eigenvalue weighted by atomic mass is 32.2. The molecule has 0 fully saturated rings. The lowest BCUT2D eigenvalue weighted by Gasteiger charge is -2.21. The predicted octanol–water partition coefficient (Wildman–Crippen LogP) is 3.19. The zero-order chi connectivity index (χ0) is 19.6. The molecule has 3 rings (SSSR count). The van der Waals surface area contributed by atoms with Crippen molar-refractivity contribution < 1.29 is 21.6 Å². The van der Waals surface area contributed by atoms with Crippen molar-refractivity contribution in [1.29, 1.82) is 0 Å². The zero-order valence-corrected chi connectivity index (χ0v) is 16.0. The Bertz CT molecular complexity index is 1020. The third-order valence-electron chi connectivity index (χ3n) is 3.52. The number of sulfonamides is 1. The van der Waals surface area contributed by atoms with Crippen molar-refractivity contribution in [3.63, 3.8) is 0 Å². The Labute approximate surface area is 158 Å². The first-order chi connectivity index (χ1) is 12.8. The van der Waals surface area contributed by atoms with Crippen molar-refractivity contribution in [2.45, 2.75) is 26.8 Å². The van der Waals surface area contributed by atoms with E-state index in [-0.39, 0.29) is 24.0 Å². The Morgan fingerprint density at radius 3 is 2.59 bits per heavy atom. The van der Waals surface area contributed by atoms with Gasteiger partial charge in [0, 0.05) is 6.20 Å². The van der Waals surface area contributed by atoms with Crippen LogP contribution in [0.5, 0.6) is 0 Å². The number of hydrogen-bond donors (Lipinski definition) is 0. The van der Waals surface area contributed by atoms with Gasteiger partial charge in [0.2, 0.25) is 10.0 Å². The maximum Gasteiger partial charge on any atom is 0.314 e. The highest BCUT2D eigenvalue weighted by Gasteiger charge is 2.24. The molecule has 3 aromatic rings. The lowest BCUT2D eigenvalue weighted by atomic mass is 10.3. The molecule has 0 saturated carbocycles. The molecule has 0 aromatic carbocycles. The van der Waals surface area contributed by atoms with Crippen LogP contribution in [0, 0.1) is 6.92 Å². The van der Waals surface area contributed by atoms with E-state index in [1.807, 2.05) is 6.92 Å². The van der Waals surface area contributed by atoms with Gasteiger partial charge in [-0.05, 0) is 25.5 Å². The van der Waals surface area contributed by atoms with Crippen LogP contribution in [0.3, 0.4) is 0 Å². The molecule has 0 unspecified atom stereocenters. The summed E-state index contributed by atoms with van der Waals surface area (Å²) in [5, 5.41) is 7.26. The topological polar surface area (TPSA) is 102 Å². The molecular weight excluding hydrogens is 400 g/mol. The maximum atomic E-state index is 12.6. The summed E-state index contributed by atoms with van der Waals surface area (Å²) in [6.45, 7) is 3.33. The summed E-state index contributed by atoms with van der Waals surface area (Å²) in [6.07, 6.45) is 0.0872. The largest absolute Gasteiger partial charge is 0.414 e. The van der Waals surface area contributed by atoms with Crippen molar-refractivity contribution in [2.24, 2.45) is 0 Å². The van der Waals surface area contributed by atoms with Crippen molar-refractivity contribution in [2.75, 3.05) is 10.1 Å². The summed E-state index contributed by atoms with van der Waals surface area (Å²) in [7, 11) is -3.60. The average molecular weight is 415 g/mol. The van der Waals surface area contributed by atoms with Gasteiger partial charge in [-0.25, -0.2) is 22.7 Å². The second-order valence-electron chi connectivity index (χ2n) is 5.47. The van der Waals surface area contributed by atoms with Gasteiger partial charge in [0.25, 0.3) is 11.8 Å². The lowest BCUT2D eigenvalue weighted by molar-refractivity contribution is 0.116. The molecule has 0 saturated heterocycles. The molecule has 0 aliphatic heterocycles. The quantitative estimate of drug-likeness (QED) is 0.584. The van der Waals surface area contributed by atoms with Crippen molar-refractivity contribution in [3.8, 4) is 10.8 Å². The Morgan fingerprint density at radius 1 is 1.22 bits per heavy atom. The average Bonchev–Trinajstić information content (AvgIpc) is 3.30. The zero-order valence-electron chi connectivity index (χ0n) is 14.3. The van der Waals surface area contributed by atoms with E-state index in [1.54, 1.807) is 18.3 Å². The maximum absolute atomic E-state index is 12.6. The monoisotopic (exact) mass is 415 g/mol. The Kier molecular flexibility index (Phi) is 5.46. The second-order valence-corrected chi connectivity index (χ2v) is 8.76. The third kappa shape index (κ3) is 4.27. The minimum atomic E-state index is -3.60. The van der Waals surface area contributed by atoms with Gasteiger partial charge in [-0.1, -0.05) is 6.07 Å². The number of nitrogens with zero attached hydrogens (tertiary/aromatic N) is 5. The van der Waals surface area contributed by atoms with Crippen LogP contribution in [-0.4, -0.2) is 34.3 Å². The number of halogens is 2. The van der Waals surface area contributed by atoms with Crippen LogP contribution in [0.2, 0.25) is 0 Å². The SMILES string of the molecule is CCS(=O)(=O)N(Cc1ncc(-c2nnc(C(F)F)o2)s1)c1ccc(C)cn1. The van der Waals surface area contributed by atoms with Crippen LogP contribution in [0.4, 0.5) is 14.6 Å². The molecule has 12 heteroatoms. The second kappa shape index (κ2) is 7.64. The molecule has 0 aliphatic rings. The van der Waals surface area contributed by atoms with Gasteiger partial charge in [-0.15, -0.1) is 21.5 Å². The standard InChI is InChI=1S/C15H15F2N5O3S2/c1-3-27(23,24)22(11-5-4-9(2)6-18-11)8-12-19-7-10(26-12)14-20-21-15(25-14)13(16)17/h4-7,13H,3,8H2,1-2H3. The first-order valence-electron chi connectivity index (χ1n) is 7.80. The number of rotatable bonds is 7. The Morgan fingerprint density at radius 2 is 2.00 bits per heavy atom. The summed E-state index contributed by atoms with van der Waals surface area (Å²) in [4.78, 5) is 8.69. The van der Waals surface area contributed by atoms with Crippen LogP contribution in [0.1, 0.15) is 29.8 Å². The normalized spacial score (nSPS) is 11.9. The van der Waals surface area contributed by atoms with E-state index in [1.165, 1.54) is 13.1 Å². The highest BCUT2D eigenvalue weighted by Crippen LogP contribution is 2.29. The van der Waals surface area contributed by atoms with Crippen LogP contribution in [0.15, 0.2) is 28.9 Å². The van der Waals surface area contributed by atoms with Crippen molar-refractivity contribution in [1.82, 2.24) is 20.2 Å². The summed E-state index contributed by atoms with van der Waals surface area (Å²) in [6, 6.07) is 3.38. The summed E-state index contributed by atoms with van der Waals surface area (Å²) in [5.74, 6) is -0.703. The van der Waals surface area contributed by atoms with E-state index >= 15 is 0 Å². The molecule has 144 valence electrons. The van der Waals surface area contributed by atoms with Crippen LogP contribution in [-0.2, 0) is 16.6 Å². The van der Waals surface area contributed by atoms with Gasteiger partial charge in [-0.2, -0.15) is 8.78 Å². The summed E-state index contributed by atoms with van der Waals surface area (Å²) < 4.78 is 56.2. The van der Waals surface area contributed by atoms with Crippen LogP contribution < -0.4 is 4.31 Å². The van der Waals surface area contributed by atoms with Gasteiger partial charge in [-0.3, -0.25) is 0 Å². The Hall–Kier alpha value is -2.47. The number of pyridine rings is 1. The van der Waals surface area contributed by atoms with Crippen molar-refractivity contribution in [3.05, 3.63) is 41.0 Å². The van der Waals surface area contributed by atoms with E-state index in [9.17, 15) is 17.2 Å². The molecule has 0 N–H and O–H groups in total. The molecule has 0 spiro atoms. The number of alkyl halides is 2. The van der Waals surface area contributed by atoms with Gasteiger partial charge >= 0.3 is 6.43 Å².